The molecule has 1 saturated heterocycles. The third kappa shape index (κ3) is 3.80. The molecule has 0 unspecified atom stereocenters. The van der Waals surface area contributed by atoms with Gasteiger partial charge < -0.3 is 15.1 Å². The van der Waals surface area contributed by atoms with Crippen molar-refractivity contribution in [2.75, 3.05) is 38.0 Å². The third-order valence-corrected chi connectivity index (χ3v) is 5.58. The molecule has 0 radical (unpaired) electrons. The van der Waals surface area contributed by atoms with Crippen LogP contribution in [0.5, 0.6) is 0 Å². The molecule has 1 fully saturated rings. The molecule has 1 N–H and O–H groups in total. The molecule has 0 bridgehead atoms. The molecule has 4 rings (SSSR count). The molecule has 0 aliphatic carbocycles. The first-order valence-electron chi connectivity index (χ1n) is 10.0. The quantitative estimate of drug-likeness (QED) is 0.734. The van der Waals surface area contributed by atoms with Crippen molar-refractivity contribution in [1.82, 2.24) is 29.5 Å². The van der Waals surface area contributed by atoms with E-state index in [9.17, 15) is 4.79 Å². The average molecular weight is 393 g/mol. The molecular weight excluding hydrogens is 366 g/mol. The minimum atomic E-state index is 0.0907. The van der Waals surface area contributed by atoms with Crippen LogP contribution < -0.4 is 5.32 Å². The van der Waals surface area contributed by atoms with E-state index in [0.717, 1.165) is 55.1 Å². The molecule has 0 atom stereocenters. The van der Waals surface area contributed by atoms with Gasteiger partial charge in [-0.05, 0) is 44.7 Å². The van der Waals surface area contributed by atoms with Crippen LogP contribution in [0.25, 0.3) is 11.0 Å². The predicted molar refractivity (Wildman–Crippen MR) is 114 cm³/mol. The topological polar surface area (TPSA) is 79.2 Å². The Morgan fingerprint density at radius 3 is 2.38 bits per heavy atom. The van der Waals surface area contributed by atoms with Crippen LogP contribution in [0.1, 0.15) is 28.8 Å². The zero-order valence-corrected chi connectivity index (χ0v) is 17.4. The van der Waals surface area contributed by atoms with Crippen molar-refractivity contribution in [3.8, 4) is 0 Å². The second-order valence-electron chi connectivity index (χ2n) is 7.45. The lowest BCUT2D eigenvalue weighted by molar-refractivity contribution is 0.0643. The van der Waals surface area contributed by atoms with E-state index in [1.165, 1.54) is 0 Å². The summed E-state index contributed by atoms with van der Waals surface area (Å²) >= 11 is 0. The Balaban J connectivity index is 1.51. The van der Waals surface area contributed by atoms with E-state index in [4.69, 9.17) is 0 Å². The second kappa shape index (κ2) is 7.79. The summed E-state index contributed by atoms with van der Waals surface area (Å²) in [6.45, 7) is 10.5. The van der Waals surface area contributed by atoms with Gasteiger partial charge >= 0.3 is 0 Å². The van der Waals surface area contributed by atoms with Gasteiger partial charge in [0.1, 0.15) is 11.3 Å². The van der Waals surface area contributed by atoms with Crippen LogP contribution in [0.2, 0.25) is 0 Å². The lowest BCUT2D eigenvalue weighted by Crippen LogP contribution is -2.48. The smallest absolute Gasteiger partial charge is 0.253 e. The number of benzene rings is 1. The largest absolute Gasteiger partial charge is 0.338 e. The fourth-order valence-corrected chi connectivity index (χ4v) is 3.66. The van der Waals surface area contributed by atoms with Crippen molar-refractivity contribution in [2.45, 2.75) is 20.8 Å². The van der Waals surface area contributed by atoms with Crippen molar-refractivity contribution in [3.05, 3.63) is 41.3 Å². The van der Waals surface area contributed by atoms with Crippen LogP contribution in [0.15, 0.2) is 24.3 Å². The Morgan fingerprint density at radius 2 is 1.72 bits per heavy atom. The van der Waals surface area contributed by atoms with E-state index in [-0.39, 0.29) is 5.91 Å². The van der Waals surface area contributed by atoms with Crippen LogP contribution in [0.3, 0.4) is 0 Å². The summed E-state index contributed by atoms with van der Waals surface area (Å²) in [7, 11) is 1.90. The number of amides is 1. The van der Waals surface area contributed by atoms with E-state index in [2.05, 4.69) is 32.2 Å². The first-order valence-corrected chi connectivity index (χ1v) is 10.0. The van der Waals surface area contributed by atoms with E-state index < -0.39 is 0 Å². The SMILES string of the molecule is CCN1CCN(C(=O)c2ccc(Nc3nc(C)nc4c(C)n(C)nc34)cc2)CC1. The van der Waals surface area contributed by atoms with Crippen LogP contribution in [-0.2, 0) is 7.05 Å². The Labute approximate surface area is 170 Å². The zero-order chi connectivity index (χ0) is 20.5. The van der Waals surface area contributed by atoms with Gasteiger partial charge in [-0.2, -0.15) is 5.10 Å². The minimum absolute atomic E-state index is 0.0907. The summed E-state index contributed by atoms with van der Waals surface area (Å²) in [6.07, 6.45) is 0. The summed E-state index contributed by atoms with van der Waals surface area (Å²) < 4.78 is 1.81. The molecule has 1 aromatic carbocycles. The van der Waals surface area contributed by atoms with Gasteiger partial charge in [-0.25, -0.2) is 9.97 Å². The fourth-order valence-electron chi connectivity index (χ4n) is 3.66. The van der Waals surface area contributed by atoms with Crippen LogP contribution >= 0.6 is 0 Å². The third-order valence-electron chi connectivity index (χ3n) is 5.58. The minimum Gasteiger partial charge on any atom is -0.338 e. The maximum atomic E-state index is 12.8. The highest BCUT2D eigenvalue weighted by Gasteiger charge is 2.21. The van der Waals surface area contributed by atoms with Gasteiger partial charge in [0, 0.05) is 44.5 Å². The predicted octanol–water partition coefficient (Wildman–Crippen LogP) is 2.50. The lowest BCUT2D eigenvalue weighted by Gasteiger charge is -2.34. The molecule has 29 heavy (non-hydrogen) atoms. The Kier molecular flexibility index (Phi) is 5.19. The van der Waals surface area contributed by atoms with Gasteiger partial charge in [-0.3, -0.25) is 9.48 Å². The summed E-state index contributed by atoms with van der Waals surface area (Å²) in [5.41, 5.74) is 4.15. The number of carbonyl (C=O) groups is 1. The Morgan fingerprint density at radius 1 is 1.03 bits per heavy atom. The number of anilines is 2. The van der Waals surface area contributed by atoms with Crippen molar-refractivity contribution in [2.24, 2.45) is 7.05 Å². The first-order chi connectivity index (χ1) is 14.0. The highest BCUT2D eigenvalue weighted by Crippen LogP contribution is 2.25. The summed E-state index contributed by atoms with van der Waals surface area (Å²) in [4.78, 5) is 26.1. The maximum absolute atomic E-state index is 12.8. The average Bonchev–Trinajstić information content (AvgIpc) is 3.02. The number of carbonyl (C=O) groups excluding carboxylic acids is 1. The number of aryl methyl sites for hydroxylation is 3. The van der Waals surface area contributed by atoms with E-state index >= 15 is 0 Å². The number of fused-ring (bicyclic) bond motifs is 1. The van der Waals surface area contributed by atoms with Gasteiger partial charge in [0.2, 0.25) is 0 Å². The molecule has 2 aromatic heterocycles. The number of nitrogens with one attached hydrogen (secondary N) is 1. The van der Waals surface area contributed by atoms with Crippen molar-refractivity contribution < 1.29 is 4.79 Å². The van der Waals surface area contributed by atoms with E-state index in [1.54, 1.807) is 0 Å². The highest BCUT2D eigenvalue weighted by atomic mass is 16.2. The first kappa shape index (κ1) is 19.3. The lowest BCUT2D eigenvalue weighted by atomic mass is 10.1. The van der Waals surface area contributed by atoms with Gasteiger partial charge in [0.15, 0.2) is 11.3 Å². The Hall–Kier alpha value is -3.00. The molecule has 0 spiro atoms. The summed E-state index contributed by atoms with van der Waals surface area (Å²) in [5.74, 6) is 1.45. The molecule has 3 heterocycles. The molecular formula is C21H27N7O. The summed E-state index contributed by atoms with van der Waals surface area (Å²) in [6, 6.07) is 7.56. The molecule has 152 valence electrons. The zero-order valence-electron chi connectivity index (χ0n) is 17.4. The number of hydrogen-bond acceptors (Lipinski definition) is 6. The monoisotopic (exact) mass is 393 g/mol. The van der Waals surface area contributed by atoms with Gasteiger partial charge in [-0.15, -0.1) is 0 Å². The molecule has 1 aliphatic heterocycles. The Bertz CT molecular complexity index is 1030. The number of rotatable bonds is 4. The van der Waals surface area contributed by atoms with Gasteiger partial charge in [0.05, 0.1) is 5.69 Å². The maximum Gasteiger partial charge on any atom is 0.253 e. The number of piperazine rings is 1. The van der Waals surface area contributed by atoms with E-state index in [1.807, 2.05) is 54.7 Å². The fraction of sp³-hybridized carbons (Fsp3) is 0.429. The van der Waals surface area contributed by atoms with Gasteiger partial charge in [0.25, 0.3) is 5.91 Å². The van der Waals surface area contributed by atoms with Crippen LogP contribution in [0, 0.1) is 13.8 Å². The molecule has 1 amide bonds. The molecule has 0 saturated carbocycles. The molecule has 8 heteroatoms. The molecule has 3 aromatic rings. The van der Waals surface area contributed by atoms with Crippen molar-refractivity contribution in [3.63, 3.8) is 0 Å². The normalized spacial score (nSPS) is 15.1. The van der Waals surface area contributed by atoms with Crippen LogP contribution in [0.4, 0.5) is 11.5 Å². The summed E-state index contributed by atoms with van der Waals surface area (Å²) in [5, 5.41) is 7.86. The van der Waals surface area contributed by atoms with Crippen molar-refractivity contribution in [1.29, 1.82) is 0 Å². The standard InChI is InChI=1S/C21H27N7O/c1-5-27-10-12-28(13-11-27)21(29)16-6-8-17(9-7-16)24-20-19-18(22-15(3)23-20)14(2)26(4)25-19/h6-9H,5,10-13H2,1-4H3,(H,22,23,24). The highest BCUT2D eigenvalue weighted by molar-refractivity contribution is 5.95. The van der Waals surface area contributed by atoms with Crippen molar-refractivity contribution >= 4 is 28.4 Å². The number of likely N-dealkylation sites (N-methyl/N-ethyl adjacent to an activating group) is 1. The van der Waals surface area contributed by atoms with E-state index in [0.29, 0.717) is 17.2 Å². The van der Waals surface area contributed by atoms with Gasteiger partial charge in [-0.1, -0.05) is 6.92 Å². The molecule has 8 nitrogen and oxygen atoms in total. The second-order valence-corrected chi connectivity index (χ2v) is 7.45. The number of aromatic nitrogens is 4. The molecule has 1 aliphatic rings. The number of hydrogen-bond donors (Lipinski definition) is 1. The number of nitrogens with zero attached hydrogens (tertiary/aromatic N) is 6. The van der Waals surface area contributed by atoms with Crippen LogP contribution in [-0.4, -0.2) is 68.2 Å².